The lowest BCUT2D eigenvalue weighted by atomic mass is 10.1. The van der Waals surface area contributed by atoms with Gasteiger partial charge in [-0.05, 0) is 6.07 Å². The molecule has 0 saturated carbocycles. The van der Waals surface area contributed by atoms with Crippen LogP contribution < -0.4 is 5.32 Å². The van der Waals surface area contributed by atoms with Gasteiger partial charge in [0.25, 0.3) is 5.69 Å². The molecule has 0 spiro atoms. The first-order chi connectivity index (χ1) is 9.88. The van der Waals surface area contributed by atoms with Crippen molar-refractivity contribution < 1.29 is 13.7 Å². The number of non-ortho nitro benzene ring substituents is 1. The largest absolute Gasteiger partial charge is 0.338 e. The Bertz CT molecular complexity index is 737. The van der Waals surface area contributed by atoms with Crippen molar-refractivity contribution >= 4 is 28.8 Å². The molecular weight excluding hydrogens is 304 g/mol. The number of pyridine rings is 1. The number of nitrogens with one attached hydrogen (secondary N) is 1. The van der Waals surface area contributed by atoms with Crippen molar-refractivity contribution in [2.45, 2.75) is 0 Å². The Balaban J connectivity index is 2.32. The lowest BCUT2D eigenvalue weighted by Gasteiger charge is -2.11. The average Bonchev–Trinajstić information content (AvgIpc) is 2.42. The van der Waals surface area contributed by atoms with Gasteiger partial charge in [-0.25, -0.2) is 13.8 Å². The van der Waals surface area contributed by atoms with Crippen molar-refractivity contribution in [2.75, 3.05) is 5.32 Å². The van der Waals surface area contributed by atoms with Crippen molar-refractivity contribution in [3.8, 4) is 0 Å². The minimum absolute atomic E-state index is 0.0988. The summed E-state index contributed by atoms with van der Waals surface area (Å²) in [4.78, 5) is 13.7. The van der Waals surface area contributed by atoms with Gasteiger partial charge in [0.1, 0.15) is 5.82 Å². The van der Waals surface area contributed by atoms with E-state index in [0.29, 0.717) is 6.07 Å². The number of nitrogens with zero attached hydrogens (tertiary/aromatic N) is 2. The molecule has 0 unspecified atom stereocenters. The zero-order chi connectivity index (χ0) is 15.6. The molecule has 0 saturated heterocycles. The fourth-order valence-corrected chi connectivity index (χ4v) is 1.81. The molecule has 0 fully saturated rings. The average molecular weight is 312 g/mol. The molecule has 108 valence electrons. The lowest BCUT2D eigenvalue weighted by Crippen LogP contribution is -2.03. The zero-order valence-corrected chi connectivity index (χ0v) is 11.2. The van der Waals surface area contributed by atoms with E-state index in [1.54, 1.807) is 0 Å². The predicted octanol–water partition coefficient (Wildman–Crippen LogP) is 4.00. The third kappa shape index (κ3) is 3.32. The van der Waals surface area contributed by atoms with Gasteiger partial charge in [0.15, 0.2) is 11.6 Å². The topological polar surface area (TPSA) is 68.1 Å². The summed E-state index contributed by atoms with van der Waals surface area (Å²) < 4.78 is 26.3. The van der Waals surface area contributed by atoms with Gasteiger partial charge in [-0.1, -0.05) is 18.2 Å². The van der Waals surface area contributed by atoms with E-state index in [9.17, 15) is 18.9 Å². The number of anilines is 1. The normalized spacial score (nSPS) is 10.2. The fourth-order valence-electron chi connectivity index (χ4n) is 1.57. The SMILES string of the molecule is C=C(Nc1ncc(F)cc1F)c1cc([N+](=O)[O-])ccc1Cl. The first kappa shape index (κ1) is 14.9. The molecule has 0 aliphatic rings. The third-order valence-corrected chi connectivity index (χ3v) is 2.89. The van der Waals surface area contributed by atoms with Crippen LogP contribution >= 0.6 is 11.6 Å². The van der Waals surface area contributed by atoms with Crippen LogP contribution in [0.25, 0.3) is 5.70 Å². The maximum Gasteiger partial charge on any atom is 0.270 e. The number of nitro groups is 1. The van der Waals surface area contributed by atoms with Crippen LogP contribution in [0.5, 0.6) is 0 Å². The molecule has 21 heavy (non-hydrogen) atoms. The van der Waals surface area contributed by atoms with Gasteiger partial charge in [-0.15, -0.1) is 0 Å². The molecule has 0 aliphatic heterocycles. The standard InChI is InChI=1S/C13H8ClF2N3O2/c1-7(18-13-12(16)4-8(15)6-17-13)10-5-9(19(20)21)2-3-11(10)14/h2-6H,1H2,(H,17,18). The molecule has 0 bridgehead atoms. The van der Waals surface area contributed by atoms with E-state index >= 15 is 0 Å². The van der Waals surface area contributed by atoms with Gasteiger partial charge in [0.05, 0.1) is 16.1 Å². The smallest absolute Gasteiger partial charge is 0.270 e. The first-order valence-electron chi connectivity index (χ1n) is 5.60. The van der Waals surface area contributed by atoms with Gasteiger partial charge >= 0.3 is 0 Å². The summed E-state index contributed by atoms with van der Waals surface area (Å²) in [6.45, 7) is 3.63. The molecule has 2 aromatic rings. The van der Waals surface area contributed by atoms with Crippen molar-refractivity contribution in [1.82, 2.24) is 4.98 Å². The zero-order valence-electron chi connectivity index (χ0n) is 10.4. The van der Waals surface area contributed by atoms with Gasteiger partial charge in [-0.2, -0.15) is 0 Å². The second kappa shape index (κ2) is 5.84. The number of nitro benzene ring substituents is 1. The number of hydrogen-bond acceptors (Lipinski definition) is 4. The van der Waals surface area contributed by atoms with Crippen LogP contribution in [-0.2, 0) is 0 Å². The molecular formula is C13H8ClF2N3O2. The number of aromatic nitrogens is 1. The highest BCUT2D eigenvalue weighted by atomic mass is 35.5. The Morgan fingerprint density at radius 1 is 1.38 bits per heavy atom. The van der Waals surface area contributed by atoms with Crippen LogP contribution in [0.15, 0.2) is 37.0 Å². The monoisotopic (exact) mass is 311 g/mol. The second-order valence-electron chi connectivity index (χ2n) is 4.01. The Morgan fingerprint density at radius 3 is 2.71 bits per heavy atom. The second-order valence-corrected chi connectivity index (χ2v) is 4.42. The molecule has 0 amide bonds. The Morgan fingerprint density at radius 2 is 2.10 bits per heavy atom. The molecule has 5 nitrogen and oxygen atoms in total. The van der Waals surface area contributed by atoms with Crippen molar-refractivity contribution in [3.63, 3.8) is 0 Å². The number of benzene rings is 1. The van der Waals surface area contributed by atoms with E-state index in [0.717, 1.165) is 6.20 Å². The maximum atomic E-state index is 13.5. The van der Waals surface area contributed by atoms with E-state index < -0.39 is 16.6 Å². The van der Waals surface area contributed by atoms with E-state index in [1.165, 1.54) is 18.2 Å². The highest BCUT2D eigenvalue weighted by molar-refractivity contribution is 6.32. The highest BCUT2D eigenvalue weighted by Crippen LogP contribution is 2.28. The molecule has 0 atom stereocenters. The number of rotatable bonds is 4. The molecule has 0 radical (unpaired) electrons. The van der Waals surface area contributed by atoms with Gasteiger partial charge in [0, 0.05) is 29.5 Å². The van der Waals surface area contributed by atoms with E-state index in [-0.39, 0.29) is 27.8 Å². The van der Waals surface area contributed by atoms with Crippen molar-refractivity contribution in [1.29, 1.82) is 0 Å². The third-order valence-electron chi connectivity index (χ3n) is 2.56. The van der Waals surface area contributed by atoms with E-state index in [2.05, 4.69) is 16.9 Å². The van der Waals surface area contributed by atoms with Crippen molar-refractivity contribution in [3.05, 3.63) is 69.4 Å². The Hall–Kier alpha value is -2.54. The van der Waals surface area contributed by atoms with Crippen LogP contribution in [0.2, 0.25) is 5.02 Å². The first-order valence-corrected chi connectivity index (χ1v) is 5.97. The Kier molecular flexibility index (Phi) is 4.13. The number of halogens is 3. The highest BCUT2D eigenvalue weighted by Gasteiger charge is 2.14. The molecule has 8 heteroatoms. The summed E-state index contributed by atoms with van der Waals surface area (Å²) in [7, 11) is 0. The summed E-state index contributed by atoms with van der Waals surface area (Å²) >= 11 is 5.93. The van der Waals surface area contributed by atoms with Gasteiger partial charge in [-0.3, -0.25) is 10.1 Å². The summed E-state index contributed by atoms with van der Waals surface area (Å²) in [5.74, 6) is -2.00. The molecule has 2 rings (SSSR count). The molecule has 1 aromatic carbocycles. The van der Waals surface area contributed by atoms with Crippen LogP contribution in [0.1, 0.15) is 5.56 Å². The minimum Gasteiger partial charge on any atom is -0.338 e. The predicted molar refractivity (Wildman–Crippen MR) is 74.9 cm³/mol. The van der Waals surface area contributed by atoms with Gasteiger partial charge < -0.3 is 5.32 Å². The maximum absolute atomic E-state index is 13.5. The quantitative estimate of drug-likeness (QED) is 0.684. The summed E-state index contributed by atoms with van der Waals surface area (Å²) in [6, 6.07) is 4.41. The van der Waals surface area contributed by atoms with Crippen LogP contribution in [0, 0.1) is 21.7 Å². The summed E-state index contributed by atoms with van der Waals surface area (Å²) in [6.07, 6.45) is 0.827. The van der Waals surface area contributed by atoms with Gasteiger partial charge in [0.2, 0.25) is 0 Å². The number of hydrogen-bond donors (Lipinski definition) is 1. The van der Waals surface area contributed by atoms with Crippen LogP contribution in [-0.4, -0.2) is 9.91 Å². The minimum atomic E-state index is -0.919. The fraction of sp³-hybridized carbons (Fsp3) is 0. The molecule has 0 aliphatic carbocycles. The Labute approximate surface area is 123 Å². The van der Waals surface area contributed by atoms with E-state index in [1.807, 2.05) is 0 Å². The summed E-state index contributed by atoms with van der Waals surface area (Å²) in [5.41, 5.74) is 0.128. The van der Waals surface area contributed by atoms with Crippen LogP contribution in [0.4, 0.5) is 20.3 Å². The van der Waals surface area contributed by atoms with Crippen molar-refractivity contribution in [2.24, 2.45) is 0 Å². The molecule has 1 heterocycles. The van der Waals surface area contributed by atoms with Crippen LogP contribution in [0.3, 0.4) is 0 Å². The molecule has 1 N–H and O–H groups in total. The lowest BCUT2D eigenvalue weighted by molar-refractivity contribution is -0.384. The van der Waals surface area contributed by atoms with E-state index in [4.69, 9.17) is 11.6 Å². The summed E-state index contributed by atoms with van der Waals surface area (Å²) in [5, 5.41) is 13.4. The molecule has 1 aromatic heterocycles.